The van der Waals surface area contributed by atoms with Crippen molar-refractivity contribution in [3.63, 3.8) is 0 Å². The number of rotatable bonds is 1. The fraction of sp³-hybridized carbons (Fsp3) is 0.125. The number of benzene rings is 1. The van der Waals surface area contributed by atoms with Crippen LogP contribution >= 0.6 is 11.6 Å². The Kier molecular flexibility index (Phi) is 2.18. The normalized spacial score (nSPS) is 12.7. The summed E-state index contributed by atoms with van der Waals surface area (Å²) in [6.45, 7) is 0.114. The van der Waals surface area contributed by atoms with Gasteiger partial charge in [-0.05, 0) is 12.1 Å². The molecular weight excluding hydrogens is 208 g/mol. The standard InChI is InChI=1S/C8H7ClN2O3/c9-5-1-4(8(12)11-10)2-6-7(5)14-3-13-6/h1-2H,3,10H2,(H,11,12). The molecule has 0 atom stereocenters. The first-order valence-electron chi connectivity index (χ1n) is 3.82. The summed E-state index contributed by atoms with van der Waals surface area (Å²) in [6, 6.07) is 2.99. The number of hydrazine groups is 1. The molecule has 1 heterocycles. The van der Waals surface area contributed by atoms with E-state index in [0.717, 1.165) is 0 Å². The number of carbonyl (C=O) groups excluding carboxylic acids is 1. The Balaban J connectivity index is 2.46. The van der Waals surface area contributed by atoms with Gasteiger partial charge in [0.15, 0.2) is 11.5 Å². The van der Waals surface area contributed by atoms with Crippen molar-refractivity contribution >= 4 is 17.5 Å². The zero-order valence-electron chi connectivity index (χ0n) is 7.04. The van der Waals surface area contributed by atoms with E-state index >= 15 is 0 Å². The third-order valence-electron chi connectivity index (χ3n) is 1.82. The molecule has 6 heteroatoms. The van der Waals surface area contributed by atoms with Crippen LogP contribution in [-0.4, -0.2) is 12.7 Å². The van der Waals surface area contributed by atoms with Gasteiger partial charge in [0.05, 0.1) is 5.02 Å². The second kappa shape index (κ2) is 3.36. The van der Waals surface area contributed by atoms with Crippen LogP contribution in [0, 0.1) is 0 Å². The van der Waals surface area contributed by atoms with Crippen LogP contribution in [0.25, 0.3) is 0 Å². The van der Waals surface area contributed by atoms with Gasteiger partial charge in [0.1, 0.15) is 0 Å². The van der Waals surface area contributed by atoms with Crippen LogP contribution in [0.1, 0.15) is 10.4 Å². The molecule has 5 nitrogen and oxygen atoms in total. The number of halogens is 1. The SMILES string of the molecule is NNC(=O)c1cc(Cl)c2c(c1)OCO2. The van der Waals surface area contributed by atoms with E-state index in [9.17, 15) is 4.79 Å². The highest BCUT2D eigenvalue weighted by atomic mass is 35.5. The Labute approximate surface area is 84.7 Å². The van der Waals surface area contributed by atoms with Gasteiger partial charge in [-0.3, -0.25) is 10.2 Å². The molecule has 1 aromatic rings. The second-order valence-electron chi connectivity index (χ2n) is 2.67. The number of hydrogen-bond donors (Lipinski definition) is 2. The number of nitrogen functional groups attached to an aromatic ring is 1. The third-order valence-corrected chi connectivity index (χ3v) is 2.10. The van der Waals surface area contributed by atoms with E-state index in [1.807, 2.05) is 5.43 Å². The molecule has 14 heavy (non-hydrogen) atoms. The minimum Gasteiger partial charge on any atom is -0.454 e. The molecule has 2 rings (SSSR count). The zero-order valence-corrected chi connectivity index (χ0v) is 7.80. The van der Waals surface area contributed by atoms with E-state index in [4.69, 9.17) is 26.9 Å². The maximum atomic E-state index is 11.2. The van der Waals surface area contributed by atoms with Gasteiger partial charge in [-0.15, -0.1) is 0 Å². The van der Waals surface area contributed by atoms with Crippen molar-refractivity contribution in [2.45, 2.75) is 0 Å². The Bertz CT molecular complexity index is 394. The number of amides is 1. The predicted octanol–water partition coefficient (Wildman–Crippen LogP) is 0.672. The molecule has 0 aliphatic carbocycles. The minimum atomic E-state index is -0.426. The lowest BCUT2D eigenvalue weighted by atomic mass is 10.2. The van der Waals surface area contributed by atoms with Crippen LogP contribution in [0.15, 0.2) is 12.1 Å². The van der Waals surface area contributed by atoms with Gasteiger partial charge in [0.2, 0.25) is 6.79 Å². The van der Waals surface area contributed by atoms with Crippen LogP contribution in [0.2, 0.25) is 5.02 Å². The van der Waals surface area contributed by atoms with Gasteiger partial charge in [-0.2, -0.15) is 0 Å². The van der Waals surface area contributed by atoms with Crippen LogP contribution in [0.5, 0.6) is 11.5 Å². The molecule has 1 aromatic carbocycles. The van der Waals surface area contributed by atoms with Crippen molar-refractivity contribution in [2.24, 2.45) is 5.84 Å². The van der Waals surface area contributed by atoms with Crippen molar-refractivity contribution < 1.29 is 14.3 Å². The molecule has 0 unspecified atom stereocenters. The zero-order chi connectivity index (χ0) is 10.1. The van der Waals surface area contributed by atoms with Gasteiger partial charge in [0.25, 0.3) is 5.91 Å². The molecule has 1 amide bonds. The first-order valence-corrected chi connectivity index (χ1v) is 4.20. The summed E-state index contributed by atoms with van der Waals surface area (Å²) in [6.07, 6.45) is 0. The Hall–Kier alpha value is -1.46. The highest BCUT2D eigenvalue weighted by Crippen LogP contribution is 2.39. The number of carbonyl (C=O) groups is 1. The third kappa shape index (κ3) is 1.36. The van der Waals surface area contributed by atoms with Crippen molar-refractivity contribution in [1.82, 2.24) is 5.43 Å². The molecule has 0 aromatic heterocycles. The Morgan fingerprint density at radius 2 is 2.29 bits per heavy atom. The lowest BCUT2D eigenvalue weighted by Crippen LogP contribution is -2.29. The number of hydrogen-bond acceptors (Lipinski definition) is 4. The maximum absolute atomic E-state index is 11.2. The maximum Gasteiger partial charge on any atom is 0.265 e. The number of nitrogens with one attached hydrogen (secondary N) is 1. The lowest BCUT2D eigenvalue weighted by Gasteiger charge is -2.03. The highest BCUT2D eigenvalue weighted by Gasteiger charge is 2.20. The van der Waals surface area contributed by atoms with Gasteiger partial charge in [0, 0.05) is 5.56 Å². The summed E-state index contributed by atoms with van der Waals surface area (Å²) >= 11 is 5.85. The molecule has 1 aliphatic rings. The number of fused-ring (bicyclic) bond motifs is 1. The van der Waals surface area contributed by atoms with E-state index in [1.54, 1.807) is 0 Å². The fourth-order valence-corrected chi connectivity index (χ4v) is 1.45. The van der Waals surface area contributed by atoms with Crippen molar-refractivity contribution in [2.75, 3.05) is 6.79 Å². The number of ether oxygens (including phenoxy) is 2. The quantitative estimate of drug-likeness (QED) is 0.410. The molecule has 0 bridgehead atoms. The highest BCUT2D eigenvalue weighted by molar-refractivity contribution is 6.32. The van der Waals surface area contributed by atoms with Crippen LogP contribution in [-0.2, 0) is 0 Å². The molecule has 0 radical (unpaired) electrons. The van der Waals surface area contributed by atoms with E-state index in [-0.39, 0.29) is 6.79 Å². The monoisotopic (exact) mass is 214 g/mol. The molecule has 0 saturated heterocycles. The lowest BCUT2D eigenvalue weighted by molar-refractivity contribution is 0.0953. The molecule has 74 valence electrons. The largest absolute Gasteiger partial charge is 0.454 e. The first-order chi connectivity index (χ1) is 6.72. The average molecular weight is 215 g/mol. The summed E-state index contributed by atoms with van der Waals surface area (Å²) in [5.41, 5.74) is 2.34. The Morgan fingerprint density at radius 1 is 1.50 bits per heavy atom. The predicted molar refractivity (Wildman–Crippen MR) is 49.2 cm³/mol. The van der Waals surface area contributed by atoms with Crippen LogP contribution < -0.4 is 20.7 Å². The summed E-state index contributed by atoms with van der Waals surface area (Å²) in [5, 5.41) is 0.332. The van der Waals surface area contributed by atoms with E-state index in [1.165, 1.54) is 12.1 Å². The topological polar surface area (TPSA) is 73.6 Å². The van der Waals surface area contributed by atoms with Gasteiger partial charge >= 0.3 is 0 Å². The molecule has 1 aliphatic heterocycles. The van der Waals surface area contributed by atoms with Gasteiger partial charge in [-0.25, -0.2) is 5.84 Å². The van der Waals surface area contributed by atoms with Crippen molar-refractivity contribution in [1.29, 1.82) is 0 Å². The van der Waals surface area contributed by atoms with Gasteiger partial charge in [-0.1, -0.05) is 11.6 Å². The molecule has 0 saturated carbocycles. The second-order valence-corrected chi connectivity index (χ2v) is 3.07. The van der Waals surface area contributed by atoms with Gasteiger partial charge < -0.3 is 9.47 Å². The molecule has 3 N–H and O–H groups in total. The first kappa shape index (κ1) is 9.11. The fourth-order valence-electron chi connectivity index (χ4n) is 1.18. The van der Waals surface area contributed by atoms with E-state index in [0.29, 0.717) is 22.1 Å². The van der Waals surface area contributed by atoms with E-state index in [2.05, 4.69) is 0 Å². The van der Waals surface area contributed by atoms with Crippen molar-refractivity contribution in [3.8, 4) is 11.5 Å². The summed E-state index contributed by atoms with van der Waals surface area (Å²) in [5.74, 6) is 5.47. The smallest absolute Gasteiger partial charge is 0.265 e. The molecule has 0 fully saturated rings. The number of nitrogens with two attached hydrogens (primary N) is 1. The van der Waals surface area contributed by atoms with Crippen LogP contribution in [0.3, 0.4) is 0 Å². The summed E-state index contributed by atoms with van der Waals surface area (Å²) in [4.78, 5) is 11.2. The van der Waals surface area contributed by atoms with Crippen molar-refractivity contribution in [3.05, 3.63) is 22.7 Å². The minimum absolute atomic E-state index is 0.114. The summed E-state index contributed by atoms with van der Waals surface area (Å²) < 4.78 is 10.2. The van der Waals surface area contributed by atoms with E-state index < -0.39 is 5.91 Å². The molecular formula is C8H7ClN2O3. The molecule has 0 spiro atoms. The average Bonchev–Trinajstić information content (AvgIpc) is 2.64. The summed E-state index contributed by atoms with van der Waals surface area (Å²) in [7, 11) is 0. The van der Waals surface area contributed by atoms with Crippen LogP contribution in [0.4, 0.5) is 0 Å². The Morgan fingerprint density at radius 3 is 3.00 bits per heavy atom.